The molecule has 6 nitrogen and oxygen atoms in total. The Morgan fingerprint density at radius 2 is 2.00 bits per heavy atom. The summed E-state index contributed by atoms with van der Waals surface area (Å²) < 4.78 is 10.3. The molecule has 1 aliphatic rings. The molecule has 1 saturated heterocycles. The third kappa shape index (κ3) is 5.20. The normalized spacial score (nSPS) is 24.1. The van der Waals surface area contributed by atoms with Crippen molar-refractivity contribution in [1.29, 1.82) is 0 Å². The van der Waals surface area contributed by atoms with Gasteiger partial charge in [0.15, 0.2) is 0 Å². The van der Waals surface area contributed by atoms with Gasteiger partial charge in [0, 0.05) is 13.1 Å². The van der Waals surface area contributed by atoms with Gasteiger partial charge in [-0.2, -0.15) is 11.8 Å². The summed E-state index contributed by atoms with van der Waals surface area (Å²) in [5.74, 6) is 0.387. The highest BCUT2D eigenvalue weighted by atomic mass is 32.2. The maximum Gasteiger partial charge on any atom is 0.328 e. The second-order valence-corrected chi connectivity index (χ2v) is 5.95. The Morgan fingerprint density at radius 3 is 2.50 bits per heavy atom. The summed E-state index contributed by atoms with van der Waals surface area (Å²) in [4.78, 5) is 25.6. The molecule has 0 aromatic carbocycles. The Labute approximate surface area is 124 Å². The van der Waals surface area contributed by atoms with Gasteiger partial charge in [-0.25, -0.2) is 9.59 Å². The molecule has 0 spiro atoms. The van der Waals surface area contributed by atoms with Crippen LogP contribution in [0.3, 0.4) is 0 Å². The molecule has 0 bridgehead atoms. The van der Waals surface area contributed by atoms with Crippen molar-refractivity contribution in [2.45, 2.75) is 38.5 Å². The molecule has 1 fully saturated rings. The predicted octanol–water partition coefficient (Wildman–Crippen LogP) is 1.10. The second kappa shape index (κ2) is 8.36. The van der Waals surface area contributed by atoms with Crippen molar-refractivity contribution >= 4 is 23.8 Å². The number of thioether (sulfide) groups is 1. The molecule has 3 atom stereocenters. The number of morpholine rings is 1. The Hall–Kier alpha value is -0.950. The molecule has 0 saturated carbocycles. The lowest BCUT2D eigenvalue weighted by Crippen LogP contribution is -2.55. The highest BCUT2D eigenvalue weighted by molar-refractivity contribution is 7.98. The van der Waals surface area contributed by atoms with Crippen molar-refractivity contribution in [1.82, 2.24) is 10.2 Å². The van der Waals surface area contributed by atoms with E-state index in [1.165, 1.54) is 7.11 Å². The first-order valence-electron chi connectivity index (χ1n) is 6.75. The molecule has 1 aliphatic heterocycles. The van der Waals surface area contributed by atoms with Crippen LogP contribution in [0.5, 0.6) is 0 Å². The maximum absolute atomic E-state index is 12.2. The molecule has 1 rings (SSSR count). The van der Waals surface area contributed by atoms with E-state index in [0.29, 0.717) is 19.5 Å². The van der Waals surface area contributed by atoms with Crippen molar-refractivity contribution in [3.8, 4) is 0 Å². The number of ether oxygens (including phenoxy) is 2. The average molecular weight is 304 g/mol. The topological polar surface area (TPSA) is 67.9 Å². The first-order valence-corrected chi connectivity index (χ1v) is 8.15. The number of methoxy groups -OCH3 is 1. The Morgan fingerprint density at radius 1 is 1.40 bits per heavy atom. The first-order chi connectivity index (χ1) is 9.47. The lowest BCUT2D eigenvalue weighted by Gasteiger charge is -2.35. The SMILES string of the molecule is COC(=O)[C@H](CCSC)NC(=O)N1C[C@H](C)O[C@@H](C)C1. The van der Waals surface area contributed by atoms with Crippen molar-refractivity contribution in [2.24, 2.45) is 0 Å². The molecule has 7 heteroatoms. The number of rotatable bonds is 5. The largest absolute Gasteiger partial charge is 0.467 e. The molecule has 0 radical (unpaired) electrons. The maximum atomic E-state index is 12.2. The van der Waals surface area contributed by atoms with Gasteiger partial charge in [-0.05, 0) is 32.3 Å². The van der Waals surface area contributed by atoms with E-state index in [1.807, 2.05) is 20.1 Å². The van der Waals surface area contributed by atoms with E-state index in [-0.39, 0.29) is 18.2 Å². The molecule has 0 aromatic rings. The zero-order valence-corrected chi connectivity index (χ0v) is 13.4. The minimum Gasteiger partial charge on any atom is -0.467 e. The summed E-state index contributed by atoms with van der Waals surface area (Å²) in [7, 11) is 1.33. The van der Waals surface area contributed by atoms with Gasteiger partial charge >= 0.3 is 12.0 Å². The summed E-state index contributed by atoms with van der Waals surface area (Å²) in [5, 5.41) is 2.76. The molecule has 0 aliphatic carbocycles. The lowest BCUT2D eigenvalue weighted by molar-refractivity contribution is -0.143. The van der Waals surface area contributed by atoms with E-state index in [0.717, 1.165) is 5.75 Å². The van der Waals surface area contributed by atoms with Crippen molar-refractivity contribution in [2.75, 3.05) is 32.2 Å². The van der Waals surface area contributed by atoms with E-state index in [4.69, 9.17) is 9.47 Å². The molecule has 0 aromatic heterocycles. The number of nitrogens with zero attached hydrogens (tertiary/aromatic N) is 1. The van der Waals surface area contributed by atoms with Gasteiger partial charge in [-0.1, -0.05) is 0 Å². The number of nitrogens with one attached hydrogen (secondary N) is 1. The van der Waals surface area contributed by atoms with Crippen LogP contribution in [0.25, 0.3) is 0 Å². The smallest absolute Gasteiger partial charge is 0.328 e. The van der Waals surface area contributed by atoms with Crippen LogP contribution in [-0.2, 0) is 14.3 Å². The summed E-state index contributed by atoms with van der Waals surface area (Å²) in [6.07, 6.45) is 2.54. The van der Waals surface area contributed by atoms with E-state index in [1.54, 1.807) is 16.7 Å². The number of carbonyl (C=O) groups is 2. The van der Waals surface area contributed by atoms with E-state index in [2.05, 4.69) is 5.32 Å². The van der Waals surface area contributed by atoms with Gasteiger partial charge in [0.25, 0.3) is 0 Å². The number of hydrogen-bond donors (Lipinski definition) is 1. The van der Waals surface area contributed by atoms with Crippen LogP contribution in [0.4, 0.5) is 4.79 Å². The highest BCUT2D eigenvalue weighted by Gasteiger charge is 2.29. The Kier molecular flexibility index (Phi) is 7.15. The summed E-state index contributed by atoms with van der Waals surface area (Å²) in [5.41, 5.74) is 0. The first kappa shape index (κ1) is 17.1. The molecule has 20 heavy (non-hydrogen) atoms. The van der Waals surface area contributed by atoms with Gasteiger partial charge in [-0.15, -0.1) is 0 Å². The van der Waals surface area contributed by atoms with E-state index in [9.17, 15) is 9.59 Å². The molecule has 0 unspecified atom stereocenters. The van der Waals surface area contributed by atoms with Crippen molar-refractivity contribution in [3.63, 3.8) is 0 Å². The predicted molar refractivity (Wildman–Crippen MR) is 78.9 cm³/mol. The molecule has 1 heterocycles. The van der Waals surface area contributed by atoms with Gasteiger partial charge in [0.05, 0.1) is 19.3 Å². The summed E-state index contributed by atoms with van der Waals surface area (Å²) in [6, 6.07) is -0.822. The summed E-state index contributed by atoms with van der Waals surface area (Å²) in [6.45, 7) is 4.93. The van der Waals surface area contributed by atoms with Crippen LogP contribution < -0.4 is 5.32 Å². The van der Waals surface area contributed by atoms with Gasteiger partial charge < -0.3 is 19.7 Å². The number of urea groups is 1. The van der Waals surface area contributed by atoms with Crippen LogP contribution in [0.15, 0.2) is 0 Å². The number of hydrogen-bond acceptors (Lipinski definition) is 5. The average Bonchev–Trinajstić information content (AvgIpc) is 2.41. The standard InChI is InChI=1S/C13H24N2O4S/c1-9-7-15(8-10(2)19-9)13(17)14-11(5-6-20-4)12(16)18-3/h9-11H,5-8H2,1-4H3,(H,14,17)/t9-,10-,11-/m0/s1. The summed E-state index contributed by atoms with van der Waals surface area (Å²) >= 11 is 1.63. The second-order valence-electron chi connectivity index (χ2n) is 4.97. The van der Waals surface area contributed by atoms with Gasteiger partial charge in [-0.3, -0.25) is 0 Å². The van der Waals surface area contributed by atoms with E-state index < -0.39 is 12.0 Å². The zero-order chi connectivity index (χ0) is 15.1. The molecular formula is C13H24N2O4S. The number of amides is 2. The monoisotopic (exact) mass is 304 g/mol. The molecule has 116 valence electrons. The van der Waals surface area contributed by atoms with Crippen LogP contribution in [0.2, 0.25) is 0 Å². The quantitative estimate of drug-likeness (QED) is 0.770. The van der Waals surface area contributed by atoms with Crippen LogP contribution in [0.1, 0.15) is 20.3 Å². The van der Waals surface area contributed by atoms with Gasteiger partial charge in [0.2, 0.25) is 0 Å². The van der Waals surface area contributed by atoms with Crippen LogP contribution >= 0.6 is 11.8 Å². The Balaban J connectivity index is 2.57. The van der Waals surface area contributed by atoms with E-state index >= 15 is 0 Å². The fourth-order valence-electron chi connectivity index (χ4n) is 2.21. The molecule has 1 N–H and O–H groups in total. The number of esters is 1. The zero-order valence-electron chi connectivity index (χ0n) is 12.5. The van der Waals surface area contributed by atoms with Crippen LogP contribution in [-0.4, -0.2) is 67.4 Å². The molecular weight excluding hydrogens is 280 g/mol. The highest BCUT2D eigenvalue weighted by Crippen LogP contribution is 2.11. The van der Waals surface area contributed by atoms with Gasteiger partial charge in [0.1, 0.15) is 6.04 Å². The van der Waals surface area contributed by atoms with Crippen LogP contribution in [0, 0.1) is 0 Å². The fourth-order valence-corrected chi connectivity index (χ4v) is 2.68. The molecule has 2 amide bonds. The van der Waals surface area contributed by atoms with Crippen molar-refractivity contribution < 1.29 is 19.1 Å². The fraction of sp³-hybridized carbons (Fsp3) is 0.846. The lowest BCUT2D eigenvalue weighted by atomic mass is 10.2. The minimum absolute atomic E-state index is 0.00674. The number of carbonyl (C=O) groups excluding carboxylic acids is 2. The van der Waals surface area contributed by atoms with Crippen molar-refractivity contribution in [3.05, 3.63) is 0 Å². The third-order valence-electron chi connectivity index (χ3n) is 3.10. The third-order valence-corrected chi connectivity index (χ3v) is 3.74. The minimum atomic E-state index is -0.589. The Bertz CT molecular complexity index is 330.